The molecule has 0 saturated heterocycles. The summed E-state index contributed by atoms with van der Waals surface area (Å²) in [5, 5.41) is 1.24. The van der Waals surface area contributed by atoms with E-state index < -0.39 is 6.03 Å². The molecule has 2 amide bonds. The minimum Gasteiger partial charge on any atom is -0.350 e. The van der Waals surface area contributed by atoms with E-state index in [0.29, 0.717) is 6.61 Å². The molecule has 4 heteroatoms. The van der Waals surface area contributed by atoms with Crippen molar-refractivity contribution in [3.05, 3.63) is 35.4 Å². The van der Waals surface area contributed by atoms with Crippen molar-refractivity contribution in [2.24, 2.45) is 5.73 Å². The molecule has 1 aliphatic rings. The van der Waals surface area contributed by atoms with Crippen molar-refractivity contribution in [1.82, 2.24) is 5.06 Å². The molecule has 0 radical (unpaired) electrons. The molecule has 0 saturated carbocycles. The molecule has 1 aromatic rings. The van der Waals surface area contributed by atoms with E-state index in [2.05, 4.69) is 6.07 Å². The Hall–Kier alpha value is -1.55. The number of benzene rings is 1. The van der Waals surface area contributed by atoms with Crippen molar-refractivity contribution in [3.8, 4) is 0 Å². The number of nitrogens with zero attached hydrogens (tertiary/aromatic N) is 1. The van der Waals surface area contributed by atoms with Crippen LogP contribution in [-0.2, 0) is 11.3 Å². The second-order valence-corrected chi connectivity index (χ2v) is 3.62. The fourth-order valence-corrected chi connectivity index (χ4v) is 1.92. The highest BCUT2D eigenvalue weighted by Crippen LogP contribution is 2.27. The fraction of sp³-hybridized carbons (Fsp3) is 0.364. The van der Waals surface area contributed by atoms with Crippen molar-refractivity contribution in [3.63, 3.8) is 0 Å². The maximum absolute atomic E-state index is 11.2. The van der Waals surface area contributed by atoms with Crippen LogP contribution < -0.4 is 5.73 Å². The largest absolute Gasteiger partial charge is 0.350 e. The van der Waals surface area contributed by atoms with Gasteiger partial charge in [-0.25, -0.2) is 4.79 Å². The van der Waals surface area contributed by atoms with Crippen molar-refractivity contribution < 1.29 is 9.63 Å². The molecule has 1 aromatic carbocycles. The number of urea groups is 1. The van der Waals surface area contributed by atoms with E-state index in [4.69, 9.17) is 10.6 Å². The highest BCUT2D eigenvalue weighted by Gasteiger charge is 2.25. The Bertz CT molecular complexity index is 379. The molecular weight excluding hydrogens is 192 g/mol. The summed E-state index contributed by atoms with van der Waals surface area (Å²) < 4.78 is 0. The minimum absolute atomic E-state index is 0.124. The predicted molar refractivity (Wildman–Crippen MR) is 55.9 cm³/mol. The minimum atomic E-state index is -0.542. The lowest BCUT2D eigenvalue weighted by atomic mass is 10.00. The number of hydrogen-bond donors (Lipinski definition) is 1. The van der Waals surface area contributed by atoms with Crippen LogP contribution in [0.1, 0.15) is 24.1 Å². The van der Waals surface area contributed by atoms with Crippen LogP contribution in [0.4, 0.5) is 4.79 Å². The van der Waals surface area contributed by atoms with Gasteiger partial charge >= 0.3 is 6.03 Å². The van der Waals surface area contributed by atoms with Crippen LogP contribution >= 0.6 is 0 Å². The first-order chi connectivity index (χ1) is 7.20. The molecule has 0 aliphatic carbocycles. The third-order valence-corrected chi connectivity index (χ3v) is 2.68. The van der Waals surface area contributed by atoms with Crippen molar-refractivity contribution in [1.29, 1.82) is 0 Å². The van der Waals surface area contributed by atoms with E-state index in [9.17, 15) is 4.79 Å². The normalized spacial score (nSPS) is 20.6. The number of amides is 2. The number of nitrogens with two attached hydrogens (primary N) is 1. The Labute approximate surface area is 88.6 Å². The van der Waals surface area contributed by atoms with E-state index in [-0.39, 0.29) is 6.04 Å². The first-order valence-corrected chi connectivity index (χ1v) is 4.99. The molecule has 0 spiro atoms. The average molecular weight is 206 g/mol. The van der Waals surface area contributed by atoms with Crippen LogP contribution in [0.15, 0.2) is 24.3 Å². The molecule has 1 heterocycles. The number of rotatable bonds is 0. The summed E-state index contributed by atoms with van der Waals surface area (Å²) in [5.74, 6) is 0. The lowest BCUT2D eigenvalue weighted by Gasteiger charge is -2.24. The Balaban J connectivity index is 2.38. The zero-order valence-corrected chi connectivity index (χ0v) is 8.64. The van der Waals surface area contributed by atoms with Gasteiger partial charge in [0.25, 0.3) is 0 Å². The maximum atomic E-state index is 11.2. The quantitative estimate of drug-likeness (QED) is 0.701. The van der Waals surface area contributed by atoms with Crippen LogP contribution in [-0.4, -0.2) is 17.7 Å². The van der Waals surface area contributed by atoms with Gasteiger partial charge in [0, 0.05) is 0 Å². The highest BCUT2D eigenvalue weighted by atomic mass is 16.7. The summed E-state index contributed by atoms with van der Waals surface area (Å²) in [7, 11) is 0. The molecular formula is C11H14N2O2. The molecule has 80 valence electrons. The molecule has 0 aromatic heterocycles. The Kier molecular flexibility index (Phi) is 2.60. The molecule has 1 atom stereocenters. The molecule has 0 bridgehead atoms. The zero-order valence-electron chi connectivity index (χ0n) is 8.64. The number of carbonyl (C=O) groups excluding carboxylic acids is 1. The number of hydroxylamine groups is 2. The molecule has 4 nitrogen and oxygen atoms in total. The lowest BCUT2D eigenvalue weighted by molar-refractivity contribution is -0.134. The first kappa shape index (κ1) is 9.98. The molecule has 2 N–H and O–H groups in total. The van der Waals surface area contributed by atoms with Crippen LogP contribution in [0.25, 0.3) is 0 Å². The number of carbonyl (C=O) groups is 1. The molecule has 15 heavy (non-hydrogen) atoms. The summed E-state index contributed by atoms with van der Waals surface area (Å²) >= 11 is 0. The first-order valence-electron chi connectivity index (χ1n) is 4.99. The van der Waals surface area contributed by atoms with Crippen molar-refractivity contribution >= 4 is 6.03 Å². The smallest absolute Gasteiger partial charge is 0.339 e. The van der Waals surface area contributed by atoms with E-state index in [1.54, 1.807) is 0 Å². The lowest BCUT2D eigenvalue weighted by Crippen LogP contribution is -2.37. The summed E-state index contributed by atoms with van der Waals surface area (Å²) in [4.78, 5) is 16.5. The Morgan fingerprint density at radius 3 is 3.00 bits per heavy atom. The van der Waals surface area contributed by atoms with Gasteiger partial charge in [0.05, 0.1) is 12.6 Å². The van der Waals surface area contributed by atoms with Gasteiger partial charge < -0.3 is 5.73 Å². The van der Waals surface area contributed by atoms with E-state index >= 15 is 0 Å². The standard InChI is InChI=1S/C11H14N2O2/c1-8-10-5-3-2-4-9(10)6-7-15-13(8)11(12)14/h2-5,8H,6-7H2,1H3,(H2,12,14). The van der Waals surface area contributed by atoms with E-state index in [1.165, 1.54) is 10.6 Å². The van der Waals surface area contributed by atoms with Gasteiger partial charge in [0.15, 0.2) is 0 Å². The van der Waals surface area contributed by atoms with Gasteiger partial charge in [-0.05, 0) is 24.5 Å². The van der Waals surface area contributed by atoms with Crippen molar-refractivity contribution in [2.75, 3.05) is 6.61 Å². The van der Waals surface area contributed by atoms with Gasteiger partial charge in [-0.15, -0.1) is 0 Å². The zero-order chi connectivity index (χ0) is 10.8. The SMILES string of the molecule is CC1c2ccccc2CCON1C(N)=O. The van der Waals surface area contributed by atoms with Gasteiger partial charge in [0.2, 0.25) is 0 Å². The highest BCUT2D eigenvalue weighted by molar-refractivity contribution is 5.71. The van der Waals surface area contributed by atoms with Crippen LogP contribution in [0.2, 0.25) is 0 Å². The molecule has 1 unspecified atom stereocenters. The third-order valence-electron chi connectivity index (χ3n) is 2.68. The maximum Gasteiger partial charge on any atom is 0.339 e. The summed E-state index contributed by atoms with van der Waals surface area (Å²) in [5.41, 5.74) is 7.57. The van der Waals surface area contributed by atoms with Gasteiger partial charge in [0.1, 0.15) is 0 Å². The topological polar surface area (TPSA) is 55.6 Å². The molecule has 1 aliphatic heterocycles. The fourth-order valence-electron chi connectivity index (χ4n) is 1.92. The van der Waals surface area contributed by atoms with Gasteiger partial charge in [-0.2, -0.15) is 5.06 Å². The summed E-state index contributed by atoms with van der Waals surface area (Å²) in [6.45, 7) is 2.40. The van der Waals surface area contributed by atoms with Crippen molar-refractivity contribution in [2.45, 2.75) is 19.4 Å². The average Bonchev–Trinajstić information content (AvgIpc) is 2.39. The Morgan fingerprint density at radius 1 is 1.53 bits per heavy atom. The van der Waals surface area contributed by atoms with Crippen LogP contribution in [0.5, 0.6) is 0 Å². The van der Waals surface area contributed by atoms with Gasteiger partial charge in [-0.1, -0.05) is 24.3 Å². The number of hydrogen-bond acceptors (Lipinski definition) is 2. The Morgan fingerprint density at radius 2 is 2.27 bits per heavy atom. The second-order valence-electron chi connectivity index (χ2n) is 3.62. The van der Waals surface area contributed by atoms with Gasteiger partial charge in [-0.3, -0.25) is 4.84 Å². The van der Waals surface area contributed by atoms with Crippen LogP contribution in [0, 0.1) is 0 Å². The molecule has 2 rings (SSSR count). The second kappa shape index (κ2) is 3.90. The van der Waals surface area contributed by atoms with Crippen LogP contribution in [0.3, 0.4) is 0 Å². The summed E-state index contributed by atoms with van der Waals surface area (Å²) in [6, 6.07) is 7.34. The third kappa shape index (κ3) is 1.80. The molecule has 0 fully saturated rings. The number of fused-ring (bicyclic) bond motifs is 1. The summed E-state index contributed by atoms with van der Waals surface area (Å²) in [6.07, 6.45) is 0.810. The predicted octanol–water partition coefficient (Wildman–Crippen LogP) is 1.62. The number of primary amides is 1. The van der Waals surface area contributed by atoms with E-state index in [0.717, 1.165) is 12.0 Å². The van der Waals surface area contributed by atoms with E-state index in [1.807, 2.05) is 25.1 Å². The monoisotopic (exact) mass is 206 g/mol.